The second-order valence-electron chi connectivity index (χ2n) is 4.89. The summed E-state index contributed by atoms with van der Waals surface area (Å²) >= 11 is 6.21. The summed E-state index contributed by atoms with van der Waals surface area (Å²) in [7, 11) is 1.64. The average molecular weight is 269 g/mol. The van der Waals surface area contributed by atoms with Crippen LogP contribution in [0.15, 0.2) is 18.2 Å². The first-order valence-corrected chi connectivity index (χ1v) is 6.90. The van der Waals surface area contributed by atoms with E-state index in [4.69, 9.17) is 22.1 Å². The molecule has 2 rings (SSSR count). The van der Waals surface area contributed by atoms with Crippen LogP contribution in [0.1, 0.15) is 31.2 Å². The lowest BCUT2D eigenvalue weighted by atomic mass is 9.91. The Hall–Kier alpha value is -0.770. The van der Waals surface area contributed by atoms with E-state index in [-0.39, 0.29) is 6.04 Å². The summed E-state index contributed by atoms with van der Waals surface area (Å²) in [5.74, 6) is 0.790. The van der Waals surface area contributed by atoms with Gasteiger partial charge in [-0.2, -0.15) is 0 Å². The maximum Gasteiger partial charge on any atom is 0.120 e. The van der Waals surface area contributed by atoms with Crippen LogP contribution in [0.5, 0.6) is 5.75 Å². The Morgan fingerprint density at radius 2 is 2.17 bits per heavy atom. The second kappa shape index (κ2) is 6.41. The van der Waals surface area contributed by atoms with Crippen molar-refractivity contribution >= 4 is 11.6 Å². The monoisotopic (exact) mass is 268 g/mol. The molecule has 4 heteroatoms. The van der Waals surface area contributed by atoms with Gasteiger partial charge >= 0.3 is 0 Å². The van der Waals surface area contributed by atoms with E-state index in [1.807, 2.05) is 18.2 Å². The summed E-state index contributed by atoms with van der Waals surface area (Å²) in [4.78, 5) is 0. The molecule has 0 bridgehead atoms. The number of ether oxygens (including phenoxy) is 1. The number of hydrogen-bond acceptors (Lipinski definition) is 3. The second-order valence-corrected chi connectivity index (χ2v) is 5.30. The normalized spacial score (nSPS) is 23.9. The molecular weight excluding hydrogens is 248 g/mol. The van der Waals surface area contributed by atoms with Crippen molar-refractivity contribution in [3.63, 3.8) is 0 Å². The van der Waals surface area contributed by atoms with E-state index in [0.717, 1.165) is 35.7 Å². The van der Waals surface area contributed by atoms with Gasteiger partial charge in [-0.1, -0.05) is 30.5 Å². The van der Waals surface area contributed by atoms with Crippen molar-refractivity contribution in [3.05, 3.63) is 28.8 Å². The molecule has 3 nitrogen and oxygen atoms in total. The van der Waals surface area contributed by atoms with E-state index in [1.54, 1.807) is 7.11 Å². The third kappa shape index (κ3) is 3.37. The summed E-state index contributed by atoms with van der Waals surface area (Å²) in [5, 5.41) is 4.26. The highest BCUT2D eigenvalue weighted by molar-refractivity contribution is 6.31. The number of nitrogens with two attached hydrogens (primary N) is 1. The highest BCUT2D eigenvalue weighted by Gasteiger charge is 2.21. The van der Waals surface area contributed by atoms with Crippen LogP contribution in [0.4, 0.5) is 0 Å². The molecule has 100 valence electrons. The van der Waals surface area contributed by atoms with Gasteiger partial charge in [0.1, 0.15) is 5.75 Å². The van der Waals surface area contributed by atoms with Crippen molar-refractivity contribution in [3.8, 4) is 5.75 Å². The predicted octanol–water partition coefficient (Wildman–Crippen LogP) is 2.71. The van der Waals surface area contributed by atoms with Gasteiger partial charge < -0.3 is 15.8 Å². The summed E-state index contributed by atoms with van der Waals surface area (Å²) in [5.41, 5.74) is 7.20. The van der Waals surface area contributed by atoms with Crippen molar-refractivity contribution in [2.75, 3.05) is 7.11 Å². The lowest BCUT2D eigenvalue weighted by Gasteiger charge is -2.29. The van der Waals surface area contributed by atoms with Gasteiger partial charge in [-0.15, -0.1) is 0 Å². The van der Waals surface area contributed by atoms with E-state index >= 15 is 0 Å². The predicted molar refractivity (Wildman–Crippen MR) is 75.1 cm³/mol. The zero-order valence-corrected chi connectivity index (χ0v) is 11.5. The molecule has 0 saturated heterocycles. The molecule has 1 aromatic rings. The van der Waals surface area contributed by atoms with Gasteiger partial charge in [0.2, 0.25) is 0 Å². The van der Waals surface area contributed by atoms with E-state index in [9.17, 15) is 0 Å². The molecular formula is C14H21ClN2O. The summed E-state index contributed by atoms with van der Waals surface area (Å²) in [6.07, 6.45) is 4.80. The van der Waals surface area contributed by atoms with Crippen LogP contribution >= 0.6 is 11.6 Å². The van der Waals surface area contributed by atoms with Crippen molar-refractivity contribution < 1.29 is 4.74 Å². The van der Waals surface area contributed by atoms with Crippen molar-refractivity contribution in [2.24, 2.45) is 5.73 Å². The topological polar surface area (TPSA) is 47.3 Å². The molecule has 0 radical (unpaired) electrons. The Labute approximate surface area is 114 Å². The fraction of sp³-hybridized carbons (Fsp3) is 0.571. The first-order chi connectivity index (χ1) is 8.70. The molecule has 0 spiro atoms. The SMILES string of the molecule is COc1ccc(CNC2CCCCC2N)c(Cl)c1. The van der Waals surface area contributed by atoms with Crippen LogP contribution in [-0.4, -0.2) is 19.2 Å². The number of rotatable bonds is 4. The summed E-state index contributed by atoms with van der Waals surface area (Å²) in [6, 6.07) is 6.47. The van der Waals surface area contributed by atoms with E-state index in [0.29, 0.717) is 6.04 Å². The Morgan fingerprint density at radius 3 is 2.83 bits per heavy atom. The molecule has 3 N–H and O–H groups in total. The van der Waals surface area contributed by atoms with Crippen LogP contribution in [0, 0.1) is 0 Å². The van der Waals surface area contributed by atoms with Crippen LogP contribution in [0.2, 0.25) is 5.02 Å². The molecule has 2 atom stereocenters. The molecule has 1 aliphatic carbocycles. The standard InChI is InChI=1S/C14H21ClN2O/c1-18-11-7-6-10(12(15)8-11)9-17-14-5-3-2-4-13(14)16/h6-8,13-14,17H,2-5,9,16H2,1H3. The summed E-state index contributed by atoms with van der Waals surface area (Å²) < 4.78 is 5.14. The minimum absolute atomic E-state index is 0.274. The lowest BCUT2D eigenvalue weighted by molar-refractivity contribution is 0.326. The molecule has 1 aromatic carbocycles. The first kappa shape index (κ1) is 13.7. The van der Waals surface area contributed by atoms with Crippen molar-refractivity contribution in [2.45, 2.75) is 44.3 Å². The van der Waals surface area contributed by atoms with Crippen molar-refractivity contribution in [1.29, 1.82) is 0 Å². The maximum absolute atomic E-state index is 6.21. The molecule has 0 heterocycles. The lowest BCUT2D eigenvalue weighted by Crippen LogP contribution is -2.46. The van der Waals surface area contributed by atoms with Gasteiger partial charge in [-0.25, -0.2) is 0 Å². The third-order valence-corrected chi connectivity index (χ3v) is 3.99. The fourth-order valence-electron chi connectivity index (χ4n) is 2.45. The molecule has 1 aliphatic rings. The van der Waals surface area contributed by atoms with E-state index in [1.165, 1.54) is 12.8 Å². The van der Waals surface area contributed by atoms with Crippen LogP contribution < -0.4 is 15.8 Å². The third-order valence-electron chi connectivity index (χ3n) is 3.63. The smallest absolute Gasteiger partial charge is 0.120 e. The van der Waals surface area contributed by atoms with E-state index in [2.05, 4.69) is 5.32 Å². The Balaban J connectivity index is 1.93. The van der Waals surface area contributed by atoms with Gasteiger partial charge in [0.15, 0.2) is 0 Å². The highest BCUT2D eigenvalue weighted by Crippen LogP contribution is 2.23. The molecule has 2 unspecified atom stereocenters. The zero-order chi connectivity index (χ0) is 13.0. The molecule has 0 aliphatic heterocycles. The average Bonchev–Trinajstić information content (AvgIpc) is 2.39. The molecule has 0 amide bonds. The minimum Gasteiger partial charge on any atom is -0.497 e. The molecule has 1 fully saturated rings. The van der Waals surface area contributed by atoms with Gasteiger partial charge in [0, 0.05) is 23.7 Å². The quantitative estimate of drug-likeness (QED) is 0.883. The number of nitrogens with one attached hydrogen (secondary N) is 1. The van der Waals surface area contributed by atoms with E-state index < -0.39 is 0 Å². The first-order valence-electron chi connectivity index (χ1n) is 6.52. The molecule has 0 aromatic heterocycles. The number of hydrogen-bond donors (Lipinski definition) is 2. The number of methoxy groups -OCH3 is 1. The van der Waals surface area contributed by atoms with Crippen LogP contribution in [0.3, 0.4) is 0 Å². The Kier molecular flexibility index (Phi) is 4.87. The minimum atomic E-state index is 0.274. The van der Waals surface area contributed by atoms with Gasteiger partial charge in [0.25, 0.3) is 0 Å². The molecule has 1 saturated carbocycles. The number of benzene rings is 1. The van der Waals surface area contributed by atoms with Gasteiger partial charge in [-0.3, -0.25) is 0 Å². The fourth-order valence-corrected chi connectivity index (χ4v) is 2.69. The van der Waals surface area contributed by atoms with Gasteiger partial charge in [-0.05, 0) is 30.5 Å². The van der Waals surface area contributed by atoms with Crippen LogP contribution in [-0.2, 0) is 6.54 Å². The van der Waals surface area contributed by atoms with Gasteiger partial charge in [0.05, 0.1) is 7.11 Å². The summed E-state index contributed by atoms with van der Waals surface area (Å²) in [6.45, 7) is 0.765. The Morgan fingerprint density at radius 1 is 1.39 bits per heavy atom. The van der Waals surface area contributed by atoms with Crippen molar-refractivity contribution in [1.82, 2.24) is 5.32 Å². The highest BCUT2D eigenvalue weighted by atomic mass is 35.5. The Bertz CT molecular complexity index is 397. The molecule has 18 heavy (non-hydrogen) atoms. The zero-order valence-electron chi connectivity index (χ0n) is 10.8. The largest absolute Gasteiger partial charge is 0.497 e. The van der Waals surface area contributed by atoms with Crippen LogP contribution in [0.25, 0.3) is 0 Å². The number of halogens is 1. The maximum atomic E-state index is 6.21.